The van der Waals surface area contributed by atoms with Crippen molar-refractivity contribution in [1.29, 1.82) is 0 Å². The molecule has 7 heteroatoms. The molecule has 1 aromatic rings. The first-order valence-electron chi connectivity index (χ1n) is 6.56. The maximum absolute atomic E-state index is 13.4. The highest BCUT2D eigenvalue weighted by molar-refractivity contribution is 5.80. The van der Waals surface area contributed by atoms with E-state index in [4.69, 9.17) is 5.73 Å². The molecule has 1 amide bonds. The second-order valence-electron chi connectivity index (χ2n) is 5.44. The third-order valence-corrected chi connectivity index (χ3v) is 3.60. The van der Waals surface area contributed by atoms with Crippen molar-refractivity contribution < 1.29 is 22.4 Å². The van der Waals surface area contributed by atoms with Gasteiger partial charge >= 0.3 is 6.18 Å². The molecule has 0 spiro atoms. The van der Waals surface area contributed by atoms with Crippen LogP contribution in [-0.4, -0.2) is 22.9 Å². The van der Waals surface area contributed by atoms with Gasteiger partial charge < -0.3 is 10.6 Å². The van der Waals surface area contributed by atoms with Crippen molar-refractivity contribution in [3.63, 3.8) is 0 Å². The van der Waals surface area contributed by atoms with Gasteiger partial charge in [0.15, 0.2) is 0 Å². The third-order valence-electron chi connectivity index (χ3n) is 3.60. The largest absolute Gasteiger partial charge is 0.419 e. The van der Waals surface area contributed by atoms with Gasteiger partial charge in [-0.15, -0.1) is 0 Å². The average Bonchev–Trinajstić information content (AvgIpc) is 2.63. The van der Waals surface area contributed by atoms with Crippen molar-refractivity contribution in [3.8, 4) is 0 Å². The van der Waals surface area contributed by atoms with Crippen molar-refractivity contribution in [2.75, 3.05) is 0 Å². The fraction of sp³-hybridized carbons (Fsp3) is 0.500. The average molecular weight is 304 g/mol. The van der Waals surface area contributed by atoms with Crippen LogP contribution in [0, 0.1) is 5.82 Å². The Morgan fingerprint density at radius 1 is 1.33 bits per heavy atom. The van der Waals surface area contributed by atoms with Crippen molar-refractivity contribution in [2.24, 2.45) is 5.73 Å². The Labute approximate surface area is 119 Å². The minimum atomic E-state index is -4.78. The molecular formula is C14H16F4N2O. The van der Waals surface area contributed by atoms with Crippen LogP contribution in [0.5, 0.6) is 0 Å². The molecule has 2 N–H and O–H groups in total. The molecule has 1 fully saturated rings. The summed E-state index contributed by atoms with van der Waals surface area (Å²) in [5, 5.41) is 0. The lowest BCUT2D eigenvalue weighted by atomic mass is 9.97. The van der Waals surface area contributed by atoms with Gasteiger partial charge in [-0.05, 0) is 31.5 Å². The van der Waals surface area contributed by atoms with Crippen LogP contribution in [0.2, 0.25) is 0 Å². The number of alkyl halides is 3. The van der Waals surface area contributed by atoms with Crippen LogP contribution in [0.3, 0.4) is 0 Å². The van der Waals surface area contributed by atoms with Crippen LogP contribution in [0.4, 0.5) is 17.6 Å². The minimum absolute atomic E-state index is 0.0710. The van der Waals surface area contributed by atoms with Gasteiger partial charge in [-0.25, -0.2) is 4.39 Å². The lowest BCUT2D eigenvalue weighted by molar-refractivity contribution is -0.140. The zero-order valence-electron chi connectivity index (χ0n) is 11.6. The Morgan fingerprint density at radius 2 is 1.95 bits per heavy atom. The standard InChI is InChI=1S/C14H16F4N2O/c1-7(2)20-12(21)6-11(19)13(20)8-3-4-10(15)9(5-8)14(16,17)18/h3-5,7,11,13H,6,19H2,1-2H3. The molecule has 2 atom stereocenters. The molecule has 0 bridgehead atoms. The van der Waals surface area contributed by atoms with E-state index in [-0.39, 0.29) is 23.9 Å². The Hall–Kier alpha value is -1.63. The SMILES string of the molecule is CC(C)N1C(=O)CC(N)C1c1ccc(F)c(C(F)(F)F)c1. The molecule has 1 saturated heterocycles. The molecule has 0 aromatic heterocycles. The number of nitrogens with zero attached hydrogens (tertiary/aromatic N) is 1. The highest BCUT2D eigenvalue weighted by Gasteiger charge is 2.41. The number of hydrogen-bond donors (Lipinski definition) is 1. The summed E-state index contributed by atoms with van der Waals surface area (Å²) < 4.78 is 51.7. The summed E-state index contributed by atoms with van der Waals surface area (Å²) in [7, 11) is 0. The second kappa shape index (κ2) is 5.29. The summed E-state index contributed by atoms with van der Waals surface area (Å²) in [6.45, 7) is 3.52. The number of amides is 1. The number of benzene rings is 1. The maximum Gasteiger partial charge on any atom is 0.419 e. The van der Waals surface area contributed by atoms with Gasteiger partial charge in [-0.1, -0.05) is 6.07 Å². The molecule has 1 aromatic carbocycles. The van der Waals surface area contributed by atoms with Gasteiger partial charge in [0, 0.05) is 18.5 Å². The topological polar surface area (TPSA) is 46.3 Å². The van der Waals surface area contributed by atoms with Crippen LogP contribution in [0.1, 0.15) is 37.4 Å². The fourth-order valence-electron chi connectivity index (χ4n) is 2.74. The molecule has 2 rings (SSSR count). The maximum atomic E-state index is 13.4. The number of likely N-dealkylation sites (tertiary alicyclic amines) is 1. The molecule has 21 heavy (non-hydrogen) atoms. The molecule has 1 aliphatic heterocycles. The van der Waals surface area contributed by atoms with E-state index in [0.29, 0.717) is 0 Å². The van der Waals surface area contributed by atoms with E-state index in [1.165, 1.54) is 11.0 Å². The first kappa shape index (κ1) is 15.8. The van der Waals surface area contributed by atoms with E-state index in [2.05, 4.69) is 0 Å². The van der Waals surface area contributed by atoms with Gasteiger partial charge in [0.2, 0.25) is 5.91 Å². The molecule has 0 saturated carbocycles. The lowest BCUT2D eigenvalue weighted by Gasteiger charge is -2.31. The summed E-state index contributed by atoms with van der Waals surface area (Å²) in [5.41, 5.74) is 4.76. The Balaban J connectivity index is 2.48. The molecule has 2 unspecified atom stereocenters. The first-order chi connectivity index (χ1) is 9.62. The summed E-state index contributed by atoms with van der Waals surface area (Å²) in [6.07, 6.45) is -4.71. The van der Waals surface area contributed by atoms with Crippen molar-refractivity contribution in [2.45, 2.75) is 44.6 Å². The zero-order chi connectivity index (χ0) is 15.9. The second-order valence-corrected chi connectivity index (χ2v) is 5.44. The number of nitrogens with two attached hydrogens (primary N) is 1. The van der Waals surface area contributed by atoms with Crippen molar-refractivity contribution in [3.05, 3.63) is 35.1 Å². The Kier molecular flexibility index (Phi) is 3.97. The van der Waals surface area contributed by atoms with Crippen molar-refractivity contribution in [1.82, 2.24) is 4.90 Å². The van der Waals surface area contributed by atoms with Crippen LogP contribution >= 0.6 is 0 Å². The number of hydrogen-bond acceptors (Lipinski definition) is 2. The predicted molar refractivity (Wildman–Crippen MR) is 68.7 cm³/mol. The summed E-state index contributed by atoms with van der Waals surface area (Å²) in [5.74, 6) is -1.54. The number of carbonyl (C=O) groups is 1. The van der Waals surface area contributed by atoms with Crippen LogP contribution < -0.4 is 5.73 Å². The quantitative estimate of drug-likeness (QED) is 0.854. The van der Waals surface area contributed by atoms with Gasteiger partial charge in [0.1, 0.15) is 5.82 Å². The molecule has 1 aliphatic rings. The highest BCUT2D eigenvalue weighted by Crippen LogP contribution is 2.38. The van der Waals surface area contributed by atoms with E-state index in [9.17, 15) is 22.4 Å². The molecule has 0 radical (unpaired) electrons. The van der Waals surface area contributed by atoms with Gasteiger partial charge in [0.05, 0.1) is 11.6 Å². The van der Waals surface area contributed by atoms with E-state index in [1.54, 1.807) is 13.8 Å². The summed E-state index contributed by atoms with van der Waals surface area (Å²) in [4.78, 5) is 13.4. The molecule has 1 heterocycles. The number of halogens is 4. The van der Waals surface area contributed by atoms with Crippen LogP contribution in [-0.2, 0) is 11.0 Å². The third kappa shape index (κ3) is 2.88. The minimum Gasteiger partial charge on any atom is -0.332 e. The van der Waals surface area contributed by atoms with E-state index in [1.807, 2.05) is 0 Å². The van der Waals surface area contributed by atoms with Gasteiger partial charge in [-0.2, -0.15) is 13.2 Å². The van der Waals surface area contributed by atoms with Crippen LogP contribution in [0.15, 0.2) is 18.2 Å². The summed E-state index contributed by atoms with van der Waals surface area (Å²) in [6, 6.07) is 1.30. The fourth-order valence-corrected chi connectivity index (χ4v) is 2.74. The van der Waals surface area contributed by atoms with E-state index >= 15 is 0 Å². The predicted octanol–water partition coefficient (Wildman–Crippen LogP) is 2.85. The van der Waals surface area contributed by atoms with Gasteiger partial charge in [0.25, 0.3) is 0 Å². The number of carbonyl (C=O) groups excluding carboxylic acids is 1. The van der Waals surface area contributed by atoms with Crippen LogP contribution in [0.25, 0.3) is 0 Å². The molecule has 3 nitrogen and oxygen atoms in total. The van der Waals surface area contributed by atoms with Crippen molar-refractivity contribution >= 4 is 5.91 Å². The highest BCUT2D eigenvalue weighted by atomic mass is 19.4. The van der Waals surface area contributed by atoms with E-state index in [0.717, 1.165) is 12.1 Å². The Bertz CT molecular complexity index is 556. The zero-order valence-corrected chi connectivity index (χ0v) is 11.6. The summed E-state index contributed by atoms with van der Waals surface area (Å²) >= 11 is 0. The molecule has 0 aliphatic carbocycles. The monoisotopic (exact) mass is 304 g/mol. The Morgan fingerprint density at radius 3 is 2.48 bits per heavy atom. The first-order valence-corrected chi connectivity index (χ1v) is 6.56. The number of rotatable bonds is 2. The van der Waals surface area contributed by atoms with E-state index < -0.39 is 29.6 Å². The normalized spacial score (nSPS) is 23.2. The molecular weight excluding hydrogens is 288 g/mol. The van der Waals surface area contributed by atoms with Gasteiger partial charge in [-0.3, -0.25) is 4.79 Å². The lowest BCUT2D eigenvalue weighted by Crippen LogP contribution is -2.37. The molecule has 116 valence electrons. The smallest absolute Gasteiger partial charge is 0.332 e.